The SMILES string of the molecule is N=C(N)c1ccc(NS(=O)(=O)CCc2ccccc2)cc1. The molecule has 21 heavy (non-hydrogen) atoms. The number of sulfonamides is 1. The van der Waals surface area contributed by atoms with Crippen molar-refractivity contribution in [2.24, 2.45) is 5.73 Å². The summed E-state index contributed by atoms with van der Waals surface area (Å²) in [6, 6.07) is 15.9. The van der Waals surface area contributed by atoms with E-state index in [-0.39, 0.29) is 11.6 Å². The van der Waals surface area contributed by atoms with E-state index in [1.807, 2.05) is 30.3 Å². The van der Waals surface area contributed by atoms with Gasteiger partial charge in [0.1, 0.15) is 5.84 Å². The van der Waals surface area contributed by atoms with Crippen molar-refractivity contribution in [3.63, 3.8) is 0 Å². The van der Waals surface area contributed by atoms with Crippen molar-refractivity contribution >= 4 is 21.5 Å². The molecule has 2 rings (SSSR count). The molecule has 2 aromatic rings. The van der Waals surface area contributed by atoms with Gasteiger partial charge in [0.2, 0.25) is 10.0 Å². The molecule has 0 unspecified atom stereocenters. The van der Waals surface area contributed by atoms with Crippen LogP contribution in [-0.4, -0.2) is 20.0 Å². The molecule has 0 aromatic heterocycles. The van der Waals surface area contributed by atoms with Gasteiger partial charge in [-0.2, -0.15) is 0 Å². The number of hydrogen-bond acceptors (Lipinski definition) is 3. The van der Waals surface area contributed by atoms with Crippen LogP contribution < -0.4 is 10.5 Å². The Morgan fingerprint density at radius 3 is 2.24 bits per heavy atom. The van der Waals surface area contributed by atoms with Gasteiger partial charge >= 0.3 is 0 Å². The molecule has 0 spiro atoms. The summed E-state index contributed by atoms with van der Waals surface area (Å²) < 4.78 is 26.5. The van der Waals surface area contributed by atoms with E-state index in [4.69, 9.17) is 11.1 Å². The Hall–Kier alpha value is -2.34. The number of nitrogens with two attached hydrogens (primary N) is 1. The van der Waals surface area contributed by atoms with Gasteiger partial charge < -0.3 is 5.73 Å². The summed E-state index contributed by atoms with van der Waals surface area (Å²) >= 11 is 0. The lowest BCUT2D eigenvalue weighted by Gasteiger charge is -2.08. The van der Waals surface area contributed by atoms with Crippen LogP contribution in [0.25, 0.3) is 0 Å². The molecular formula is C15H17N3O2S. The van der Waals surface area contributed by atoms with Crippen LogP contribution in [0.3, 0.4) is 0 Å². The summed E-state index contributed by atoms with van der Waals surface area (Å²) in [5, 5.41) is 7.29. The molecule has 110 valence electrons. The largest absolute Gasteiger partial charge is 0.384 e. The Morgan fingerprint density at radius 1 is 1.05 bits per heavy atom. The van der Waals surface area contributed by atoms with Gasteiger partial charge in [-0.3, -0.25) is 10.1 Å². The van der Waals surface area contributed by atoms with Crippen LogP contribution in [0.2, 0.25) is 0 Å². The fourth-order valence-electron chi connectivity index (χ4n) is 1.85. The third-order valence-corrected chi connectivity index (χ3v) is 4.26. The van der Waals surface area contributed by atoms with E-state index >= 15 is 0 Å². The van der Waals surface area contributed by atoms with Crippen LogP contribution >= 0.6 is 0 Å². The number of rotatable bonds is 6. The van der Waals surface area contributed by atoms with Crippen molar-refractivity contribution < 1.29 is 8.42 Å². The van der Waals surface area contributed by atoms with Crippen LogP contribution in [0.15, 0.2) is 54.6 Å². The van der Waals surface area contributed by atoms with Crippen molar-refractivity contribution in [1.29, 1.82) is 5.41 Å². The first kappa shape index (κ1) is 15.1. The van der Waals surface area contributed by atoms with Crippen LogP contribution in [0.1, 0.15) is 11.1 Å². The van der Waals surface area contributed by atoms with Crippen LogP contribution in [0.5, 0.6) is 0 Å². The molecule has 0 bridgehead atoms. The number of nitrogen functional groups attached to an aromatic ring is 1. The van der Waals surface area contributed by atoms with Crippen molar-refractivity contribution in [2.45, 2.75) is 6.42 Å². The maximum atomic E-state index is 12.0. The fraction of sp³-hybridized carbons (Fsp3) is 0.133. The summed E-state index contributed by atoms with van der Waals surface area (Å²) in [5.41, 5.74) is 7.35. The van der Waals surface area contributed by atoms with Gasteiger partial charge in [-0.15, -0.1) is 0 Å². The predicted octanol–water partition coefficient (Wildman–Crippen LogP) is 1.96. The lowest BCUT2D eigenvalue weighted by Crippen LogP contribution is -2.18. The monoisotopic (exact) mass is 303 g/mol. The molecule has 4 N–H and O–H groups in total. The van der Waals surface area contributed by atoms with E-state index < -0.39 is 10.0 Å². The van der Waals surface area contributed by atoms with Crippen molar-refractivity contribution in [1.82, 2.24) is 0 Å². The molecule has 5 nitrogen and oxygen atoms in total. The van der Waals surface area contributed by atoms with E-state index in [0.29, 0.717) is 17.7 Å². The van der Waals surface area contributed by atoms with E-state index in [0.717, 1.165) is 5.56 Å². The smallest absolute Gasteiger partial charge is 0.233 e. The Kier molecular flexibility index (Phi) is 4.59. The number of benzene rings is 2. The van der Waals surface area contributed by atoms with E-state index in [9.17, 15) is 8.42 Å². The first-order valence-corrected chi connectivity index (χ1v) is 8.10. The highest BCUT2D eigenvalue weighted by Crippen LogP contribution is 2.12. The average Bonchev–Trinajstić information content (AvgIpc) is 2.46. The van der Waals surface area contributed by atoms with Crippen molar-refractivity contribution in [3.05, 3.63) is 65.7 Å². The molecule has 0 aliphatic rings. The van der Waals surface area contributed by atoms with Crippen molar-refractivity contribution in [3.8, 4) is 0 Å². The zero-order valence-corrected chi connectivity index (χ0v) is 12.2. The molecule has 0 amide bonds. The number of amidine groups is 1. The van der Waals surface area contributed by atoms with E-state index in [2.05, 4.69) is 4.72 Å². The normalized spacial score (nSPS) is 11.0. The summed E-state index contributed by atoms with van der Waals surface area (Å²) in [5.74, 6) is -0.0284. The first-order valence-electron chi connectivity index (χ1n) is 6.45. The summed E-state index contributed by atoms with van der Waals surface area (Å²) in [7, 11) is -3.40. The highest BCUT2D eigenvalue weighted by molar-refractivity contribution is 7.92. The molecule has 0 heterocycles. The average molecular weight is 303 g/mol. The summed E-state index contributed by atoms with van der Waals surface area (Å²) in [6.07, 6.45) is 0.460. The number of aryl methyl sites for hydroxylation is 1. The third kappa shape index (κ3) is 4.61. The second-order valence-corrected chi connectivity index (χ2v) is 6.49. The minimum atomic E-state index is -3.40. The van der Waals surface area contributed by atoms with Crippen LogP contribution in [0.4, 0.5) is 5.69 Å². The number of anilines is 1. The molecule has 0 saturated heterocycles. The molecular weight excluding hydrogens is 286 g/mol. The molecule has 0 saturated carbocycles. The first-order chi connectivity index (χ1) is 9.96. The molecule has 6 heteroatoms. The third-order valence-electron chi connectivity index (χ3n) is 2.97. The topological polar surface area (TPSA) is 96.0 Å². The number of hydrogen-bond donors (Lipinski definition) is 3. The minimum absolute atomic E-state index is 0.0193. The Bertz CT molecular complexity index is 710. The zero-order valence-electron chi connectivity index (χ0n) is 11.4. The molecule has 0 radical (unpaired) electrons. The second kappa shape index (κ2) is 6.41. The van der Waals surface area contributed by atoms with Crippen molar-refractivity contribution in [2.75, 3.05) is 10.5 Å². The van der Waals surface area contributed by atoms with Gasteiger partial charge in [0.05, 0.1) is 5.75 Å². The van der Waals surface area contributed by atoms with Gasteiger partial charge in [0.25, 0.3) is 0 Å². The molecule has 2 aromatic carbocycles. The van der Waals surface area contributed by atoms with Crippen LogP contribution in [0, 0.1) is 5.41 Å². The standard InChI is InChI=1S/C15H17N3O2S/c16-15(17)13-6-8-14(9-7-13)18-21(19,20)11-10-12-4-2-1-3-5-12/h1-9,18H,10-11H2,(H3,16,17). The summed E-state index contributed by atoms with van der Waals surface area (Å²) in [6.45, 7) is 0. The van der Waals surface area contributed by atoms with Gasteiger partial charge in [-0.05, 0) is 36.2 Å². The Labute approximate surface area is 124 Å². The van der Waals surface area contributed by atoms with Gasteiger partial charge in [0.15, 0.2) is 0 Å². The molecule has 0 aliphatic carbocycles. The van der Waals surface area contributed by atoms with Crippen LogP contribution in [-0.2, 0) is 16.4 Å². The lowest BCUT2D eigenvalue weighted by molar-refractivity contribution is 0.600. The lowest BCUT2D eigenvalue weighted by atomic mass is 10.2. The quantitative estimate of drug-likeness (QED) is 0.562. The molecule has 0 atom stereocenters. The summed E-state index contributed by atoms with van der Waals surface area (Å²) in [4.78, 5) is 0. The Morgan fingerprint density at radius 2 is 1.67 bits per heavy atom. The van der Waals surface area contributed by atoms with Gasteiger partial charge in [-0.1, -0.05) is 30.3 Å². The maximum Gasteiger partial charge on any atom is 0.233 e. The number of nitrogens with one attached hydrogen (secondary N) is 2. The second-order valence-electron chi connectivity index (χ2n) is 4.65. The predicted molar refractivity (Wildman–Crippen MR) is 85.0 cm³/mol. The molecule has 0 aliphatic heterocycles. The zero-order chi connectivity index (χ0) is 15.3. The van der Waals surface area contributed by atoms with E-state index in [1.165, 1.54) is 0 Å². The highest BCUT2D eigenvalue weighted by Gasteiger charge is 2.10. The maximum absolute atomic E-state index is 12.0. The molecule has 0 fully saturated rings. The van der Waals surface area contributed by atoms with Gasteiger partial charge in [-0.25, -0.2) is 8.42 Å². The minimum Gasteiger partial charge on any atom is -0.384 e. The van der Waals surface area contributed by atoms with Gasteiger partial charge in [0, 0.05) is 11.3 Å². The Balaban J connectivity index is 1.99. The van der Waals surface area contributed by atoms with E-state index in [1.54, 1.807) is 24.3 Å². The fourth-order valence-corrected chi connectivity index (χ4v) is 2.95. The highest BCUT2D eigenvalue weighted by atomic mass is 32.2.